The Morgan fingerprint density at radius 1 is 1.67 bits per heavy atom. The van der Waals surface area contributed by atoms with Crippen molar-refractivity contribution in [3.05, 3.63) is 24.2 Å². The molecule has 0 saturated heterocycles. The van der Waals surface area contributed by atoms with Gasteiger partial charge in [-0.1, -0.05) is 0 Å². The second-order valence-corrected chi connectivity index (χ2v) is 3.25. The monoisotopic (exact) mass is 211 g/mol. The molecule has 1 rings (SSSR count). The maximum Gasteiger partial charge on any atom is 0.307 e. The molecular formula is C11H17NO3. The minimum Gasteiger partial charge on any atom is -0.468 e. The summed E-state index contributed by atoms with van der Waals surface area (Å²) >= 11 is 0. The predicted octanol–water partition coefficient (Wildman–Crippen LogP) is 1.88. The third-order valence-electron chi connectivity index (χ3n) is 2.05. The SMILES string of the molecule is CCOC(=O)CCNC(C)c1ccco1. The van der Waals surface area contributed by atoms with E-state index in [1.807, 2.05) is 19.1 Å². The van der Waals surface area contributed by atoms with E-state index in [9.17, 15) is 4.79 Å². The highest BCUT2D eigenvalue weighted by molar-refractivity contribution is 5.69. The van der Waals surface area contributed by atoms with Gasteiger partial charge >= 0.3 is 5.97 Å². The Morgan fingerprint density at radius 3 is 3.07 bits per heavy atom. The number of furan rings is 1. The van der Waals surface area contributed by atoms with E-state index >= 15 is 0 Å². The highest BCUT2D eigenvalue weighted by Gasteiger charge is 2.08. The molecule has 0 fully saturated rings. The Labute approximate surface area is 89.6 Å². The van der Waals surface area contributed by atoms with E-state index in [2.05, 4.69) is 5.32 Å². The average molecular weight is 211 g/mol. The smallest absolute Gasteiger partial charge is 0.307 e. The zero-order valence-electron chi connectivity index (χ0n) is 9.16. The van der Waals surface area contributed by atoms with Crippen LogP contribution in [0.1, 0.15) is 32.1 Å². The molecule has 0 spiro atoms. The lowest BCUT2D eigenvalue weighted by atomic mass is 10.2. The first-order valence-corrected chi connectivity index (χ1v) is 5.16. The van der Waals surface area contributed by atoms with Gasteiger partial charge in [0.25, 0.3) is 0 Å². The van der Waals surface area contributed by atoms with Crippen molar-refractivity contribution >= 4 is 5.97 Å². The van der Waals surface area contributed by atoms with Crippen LogP contribution in [0, 0.1) is 0 Å². The minimum atomic E-state index is -0.170. The zero-order chi connectivity index (χ0) is 11.1. The average Bonchev–Trinajstić information content (AvgIpc) is 2.70. The fourth-order valence-corrected chi connectivity index (χ4v) is 1.26. The molecule has 1 N–H and O–H groups in total. The maximum absolute atomic E-state index is 11.0. The molecule has 15 heavy (non-hydrogen) atoms. The van der Waals surface area contributed by atoms with Gasteiger partial charge < -0.3 is 14.5 Å². The molecule has 0 radical (unpaired) electrons. The predicted molar refractivity (Wildman–Crippen MR) is 56.4 cm³/mol. The Hall–Kier alpha value is -1.29. The molecular weight excluding hydrogens is 194 g/mol. The van der Waals surface area contributed by atoms with Crippen LogP contribution >= 0.6 is 0 Å². The van der Waals surface area contributed by atoms with E-state index in [1.165, 1.54) is 0 Å². The fraction of sp³-hybridized carbons (Fsp3) is 0.545. The Bertz CT molecular complexity index is 282. The molecule has 0 aliphatic rings. The van der Waals surface area contributed by atoms with Crippen molar-refractivity contribution in [1.82, 2.24) is 5.32 Å². The lowest BCUT2D eigenvalue weighted by Crippen LogP contribution is -2.22. The van der Waals surface area contributed by atoms with Crippen LogP contribution < -0.4 is 5.32 Å². The molecule has 1 heterocycles. The standard InChI is InChI=1S/C11H17NO3/c1-3-14-11(13)6-7-12-9(2)10-5-4-8-15-10/h4-5,8-9,12H,3,6-7H2,1-2H3. The highest BCUT2D eigenvalue weighted by atomic mass is 16.5. The molecule has 1 unspecified atom stereocenters. The van der Waals surface area contributed by atoms with Gasteiger partial charge in [-0.05, 0) is 26.0 Å². The van der Waals surface area contributed by atoms with Crippen LogP contribution in [0.3, 0.4) is 0 Å². The minimum absolute atomic E-state index is 0.120. The summed E-state index contributed by atoms with van der Waals surface area (Å²) in [5.74, 6) is 0.704. The van der Waals surface area contributed by atoms with Crippen molar-refractivity contribution in [3.63, 3.8) is 0 Å². The Balaban J connectivity index is 2.18. The molecule has 84 valence electrons. The van der Waals surface area contributed by atoms with Crippen molar-refractivity contribution in [3.8, 4) is 0 Å². The zero-order valence-corrected chi connectivity index (χ0v) is 9.16. The number of esters is 1. The first kappa shape index (κ1) is 11.8. The molecule has 0 aliphatic carbocycles. The normalized spacial score (nSPS) is 12.4. The van der Waals surface area contributed by atoms with E-state index in [4.69, 9.17) is 9.15 Å². The van der Waals surface area contributed by atoms with Gasteiger partial charge in [0.15, 0.2) is 0 Å². The van der Waals surface area contributed by atoms with Gasteiger partial charge in [-0.2, -0.15) is 0 Å². The lowest BCUT2D eigenvalue weighted by molar-refractivity contribution is -0.143. The van der Waals surface area contributed by atoms with Gasteiger partial charge in [0.1, 0.15) is 5.76 Å². The first-order valence-electron chi connectivity index (χ1n) is 5.16. The second kappa shape index (κ2) is 6.24. The van der Waals surface area contributed by atoms with Crippen LogP contribution in [-0.2, 0) is 9.53 Å². The quantitative estimate of drug-likeness (QED) is 0.730. The summed E-state index contributed by atoms with van der Waals surface area (Å²) in [7, 11) is 0. The van der Waals surface area contributed by atoms with E-state index in [-0.39, 0.29) is 12.0 Å². The van der Waals surface area contributed by atoms with E-state index in [1.54, 1.807) is 13.2 Å². The number of hydrogen-bond acceptors (Lipinski definition) is 4. The van der Waals surface area contributed by atoms with Crippen molar-refractivity contribution < 1.29 is 13.9 Å². The summed E-state index contributed by atoms with van der Waals surface area (Å²) in [5, 5.41) is 3.18. The molecule has 0 aliphatic heterocycles. The van der Waals surface area contributed by atoms with Crippen LogP contribution in [-0.4, -0.2) is 19.1 Å². The van der Waals surface area contributed by atoms with Crippen LogP contribution in [0.4, 0.5) is 0 Å². The second-order valence-electron chi connectivity index (χ2n) is 3.25. The molecule has 0 saturated carbocycles. The van der Waals surface area contributed by atoms with Gasteiger partial charge in [-0.3, -0.25) is 4.79 Å². The van der Waals surface area contributed by atoms with Gasteiger partial charge in [-0.25, -0.2) is 0 Å². The molecule has 0 aromatic carbocycles. The number of rotatable bonds is 6. The van der Waals surface area contributed by atoms with Gasteiger partial charge in [-0.15, -0.1) is 0 Å². The summed E-state index contributed by atoms with van der Waals surface area (Å²) < 4.78 is 10.0. The molecule has 1 atom stereocenters. The molecule has 4 heteroatoms. The molecule has 0 amide bonds. The first-order chi connectivity index (χ1) is 7.24. The van der Waals surface area contributed by atoms with Crippen LogP contribution in [0.25, 0.3) is 0 Å². The molecule has 4 nitrogen and oxygen atoms in total. The van der Waals surface area contributed by atoms with Crippen LogP contribution in [0.5, 0.6) is 0 Å². The van der Waals surface area contributed by atoms with Crippen molar-refractivity contribution in [1.29, 1.82) is 0 Å². The Kier molecular flexibility index (Phi) is 4.90. The van der Waals surface area contributed by atoms with E-state index in [0.29, 0.717) is 19.6 Å². The van der Waals surface area contributed by atoms with Gasteiger partial charge in [0, 0.05) is 6.54 Å². The highest BCUT2D eigenvalue weighted by Crippen LogP contribution is 2.11. The number of carbonyl (C=O) groups excluding carboxylic acids is 1. The third kappa shape index (κ3) is 4.16. The summed E-state index contributed by atoms with van der Waals surface area (Å²) in [6.07, 6.45) is 2.03. The van der Waals surface area contributed by atoms with Crippen molar-refractivity contribution in [2.75, 3.05) is 13.2 Å². The third-order valence-corrected chi connectivity index (χ3v) is 2.05. The number of carbonyl (C=O) groups is 1. The maximum atomic E-state index is 11.0. The van der Waals surface area contributed by atoms with Gasteiger partial charge in [0.05, 0.1) is 25.3 Å². The Morgan fingerprint density at radius 2 is 2.47 bits per heavy atom. The molecule has 1 aromatic rings. The van der Waals surface area contributed by atoms with Crippen LogP contribution in [0.2, 0.25) is 0 Å². The number of nitrogens with one attached hydrogen (secondary N) is 1. The van der Waals surface area contributed by atoms with Crippen molar-refractivity contribution in [2.24, 2.45) is 0 Å². The lowest BCUT2D eigenvalue weighted by Gasteiger charge is -2.10. The van der Waals surface area contributed by atoms with Crippen LogP contribution in [0.15, 0.2) is 22.8 Å². The van der Waals surface area contributed by atoms with E-state index < -0.39 is 0 Å². The molecule has 0 bridgehead atoms. The number of hydrogen-bond donors (Lipinski definition) is 1. The summed E-state index contributed by atoms with van der Waals surface area (Å²) in [4.78, 5) is 11.0. The fourth-order valence-electron chi connectivity index (χ4n) is 1.26. The van der Waals surface area contributed by atoms with E-state index in [0.717, 1.165) is 5.76 Å². The van der Waals surface area contributed by atoms with Crippen molar-refractivity contribution in [2.45, 2.75) is 26.3 Å². The summed E-state index contributed by atoms with van der Waals surface area (Å²) in [6, 6.07) is 3.87. The topological polar surface area (TPSA) is 51.5 Å². The summed E-state index contributed by atoms with van der Waals surface area (Å²) in [6.45, 7) is 4.83. The van der Waals surface area contributed by atoms with Gasteiger partial charge in [0.2, 0.25) is 0 Å². The largest absolute Gasteiger partial charge is 0.468 e. The number of ether oxygens (including phenoxy) is 1. The summed E-state index contributed by atoms with van der Waals surface area (Å²) in [5.41, 5.74) is 0. The molecule has 1 aromatic heterocycles.